The topological polar surface area (TPSA) is 69.6 Å². The van der Waals surface area contributed by atoms with Gasteiger partial charge in [-0.1, -0.05) is 30.3 Å². The molecular formula is C19H24N4O2. The zero-order chi connectivity index (χ0) is 17.6. The van der Waals surface area contributed by atoms with E-state index in [0.717, 1.165) is 32.0 Å². The van der Waals surface area contributed by atoms with Crippen LogP contribution in [0.3, 0.4) is 0 Å². The average Bonchev–Trinajstić information content (AvgIpc) is 2.67. The summed E-state index contributed by atoms with van der Waals surface area (Å²) in [5.41, 5.74) is 1.22. The van der Waals surface area contributed by atoms with Gasteiger partial charge in [-0.2, -0.15) is 4.98 Å². The molecule has 0 radical (unpaired) electrons. The first-order valence-electron chi connectivity index (χ1n) is 8.77. The summed E-state index contributed by atoms with van der Waals surface area (Å²) in [6, 6.07) is 12.2. The van der Waals surface area contributed by atoms with Gasteiger partial charge in [0.15, 0.2) is 0 Å². The van der Waals surface area contributed by atoms with Crippen LogP contribution in [0.1, 0.15) is 25.3 Å². The fourth-order valence-electron chi connectivity index (χ4n) is 3.15. The summed E-state index contributed by atoms with van der Waals surface area (Å²) >= 11 is 0. The molecule has 0 saturated carbocycles. The number of benzene rings is 1. The molecule has 6 heteroatoms. The molecule has 0 spiro atoms. The number of carbonyl (C=O) groups is 1. The van der Waals surface area contributed by atoms with E-state index in [2.05, 4.69) is 33.8 Å². The van der Waals surface area contributed by atoms with E-state index in [9.17, 15) is 4.79 Å². The highest BCUT2D eigenvalue weighted by Crippen LogP contribution is 2.23. The molecule has 0 bridgehead atoms. The summed E-state index contributed by atoms with van der Waals surface area (Å²) in [5.74, 6) is 0.662. The average molecular weight is 340 g/mol. The van der Waals surface area contributed by atoms with Gasteiger partial charge in [-0.25, -0.2) is 4.98 Å². The van der Waals surface area contributed by atoms with E-state index in [-0.39, 0.29) is 5.92 Å². The molecule has 0 atom stereocenters. The molecule has 1 saturated heterocycles. The number of hydrogen-bond donors (Lipinski definition) is 1. The highest BCUT2D eigenvalue weighted by atomic mass is 16.4. The Hall–Kier alpha value is -2.63. The third-order valence-corrected chi connectivity index (χ3v) is 4.68. The lowest BCUT2D eigenvalue weighted by Crippen LogP contribution is -2.37. The van der Waals surface area contributed by atoms with Crippen molar-refractivity contribution >= 4 is 17.7 Å². The van der Waals surface area contributed by atoms with Crippen molar-refractivity contribution in [3.8, 4) is 0 Å². The van der Waals surface area contributed by atoms with Crippen molar-refractivity contribution in [1.82, 2.24) is 9.97 Å². The van der Waals surface area contributed by atoms with Crippen molar-refractivity contribution in [2.24, 2.45) is 5.92 Å². The molecule has 1 aliphatic heterocycles. The van der Waals surface area contributed by atoms with Crippen LogP contribution in [0.5, 0.6) is 0 Å². The largest absolute Gasteiger partial charge is 0.481 e. The maximum absolute atomic E-state index is 11.1. The number of carboxylic acids is 1. The zero-order valence-electron chi connectivity index (χ0n) is 14.5. The lowest BCUT2D eigenvalue weighted by atomic mass is 9.97. The maximum Gasteiger partial charge on any atom is 0.306 e. The standard InChI is InChI=1S/C19H24N4O2/c1-2-22(14-15-6-4-3-5-7-15)19-20-11-8-17(21-19)23-12-9-16(10-13-23)18(24)25/h3-8,11,16H,2,9-10,12-14H2,1H3,(H,24,25). The Morgan fingerprint density at radius 2 is 1.96 bits per heavy atom. The van der Waals surface area contributed by atoms with Crippen molar-refractivity contribution in [1.29, 1.82) is 0 Å². The van der Waals surface area contributed by atoms with Gasteiger partial charge in [0, 0.05) is 32.4 Å². The molecule has 1 N–H and O–H groups in total. The highest BCUT2D eigenvalue weighted by molar-refractivity contribution is 5.70. The normalized spacial score (nSPS) is 15.2. The number of anilines is 2. The van der Waals surface area contributed by atoms with E-state index in [0.29, 0.717) is 18.8 Å². The minimum Gasteiger partial charge on any atom is -0.481 e. The van der Waals surface area contributed by atoms with Gasteiger partial charge >= 0.3 is 5.97 Å². The van der Waals surface area contributed by atoms with Crippen LogP contribution in [-0.2, 0) is 11.3 Å². The number of aromatic nitrogens is 2. The molecule has 1 aliphatic rings. The molecule has 132 valence electrons. The summed E-state index contributed by atoms with van der Waals surface area (Å²) in [4.78, 5) is 24.6. The molecule has 2 aromatic rings. The monoisotopic (exact) mass is 340 g/mol. The molecule has 25 heavy (non-hydrogen) atoms. The SMILES string of the molecule is CCN(Cc1ccccc1)c1nccc(N2CCC(C(=O)O)CC2)n1. The molecule has 1 aromatic carbocycles. The minimum absolute atomic E-state index is 0.234. The maximum atomic E-state index is 11.1. The van der Waals surface area contributed by atoms with Crippen molar-refractivity contribution in [3.05, 3.63) is 48.2 Å². The van der Waals surface area contributed by atoms with Crippen LogP contribution in [0.25, 0.3) is 0 Å². The molecule has 0 aliphatic carbocycles. The number of aliphatic carboxylic acids is 1. The number of piperidine rings is 1. The quantitative estimate of drug-likeness (QED) is 0.872. The number of hydrogen-bond acceptors (Lipinski definition) is 5. The molecule has 2 heterocycles. The van der Waals surface area contributed by atoms with Gasteiger partial charge in [0.2, 0.25) is 5.95 Å². The van der Waals surface area contributed by atoms with Gasteiger partial charge in [0.1, 0.15) is 5.82 Å². The summed E-state index contributed by atoms with van der Waals surface area (Å²) in [6.45, 7) is 5.12. The van der Waals surface area contributed by atoms with E-state index in [1.165, 1.54) is 5.56 Å². The van der Waals surface area contributed by atoms with Gasteiger partial charge in [0.05, 0.1) is 5.92 Å². The number of carboxylic acid groups (broad SMARTS) is 1. The third-order valence-electron chi connectivity index (χ3n) is 4.68. The fourth-order valence-corrected chi connectivity index (χ4v) is 3.15. The second-order valence-corrected chi connectivity index (χ2v) is 6.31. The lowest BCUT2D eigenvalue weighted by molar-refractivity contribution is -0.142. The summed E-state index contributed by atoms with van der Waals surface area (Å²) in [5, 5.41) is 9.13. The molecular weight excluding hydrogens is 316 g/mol. The fraction of sp³-hybridized carbons (Fsp3) is 0.421. The summed E-state index contributed by atoms with van der Waals surface area (Å²) in [7, 11) is 0. The van der Waals surface area contributed by atoms with Crippen LogP contribution >= 0.6 is 0 Å². The van der Waals surface area contributed by atoms with Gasteiger partial charge < -0.3 is 14.9 Å². The van der Waals surface area contributed by atoms with E-state index >= 15 is 0 Å². The van der Waals surface area contributed by atoms with E-state index in [4.69, 9.17) is 10.1 Å². The van der Waals surface area contributed by atoms with Crippen molar-refractivity contribution in [2.45, 2.75) is 26.3 Å². The van der Waals surface area contributed by atoms with E-state index in [1.54, 1.807) is 6.20 Å². The molecule has 3 rings (SSSR count). The Kier molecular flexibility index (Phi) is 5.48. The van der Waals surface area contributed by atoms with Crippen LogP contribution in [0, 0.1) is 5.92 Å². The molecule has 0 unspecified atom stereocenters. The van der Waals surface area contributed by atoms with Crippen LogP contribution < -0.4 is 9.80 Å². The number of nitrogens with zero attached hydrogens (tertiary/aromatic N) is 4. The predicted molar refractivity (Wildman–Crippen MR) is 97.8 cm³/mol. The van der Waals surface area contributed by atoms with E-state index < -0.39 is 5.97 Å². The summed E-state index contributed by atoms with van der Waals surface area (Å²) in [6.07, 6.45) is 3.11. The Bertz CT molecular complexity index is 700. The van der Waals surface area contributed by atoms with Crippen LogP contribution in [-0.4, -0.2) is 40.7 Å². The number of rotatable bonds is 6. The molecule has 1 aromatic heterocycles. The smallest absolute Gasteiger partial charge is 0.306 e. The molecule has 1 fully saturated rings. The van der Waals surface area contributed by atoms with Gasteiger partial charge in [-0.3, -0.25) is 4.79 Å². The van der Waals surface area contributed by atoms with Crippen molar-refractivity contribution in [2.75, 3.05) is 29.4 Å². The summed E-state index contributed by atoms with van der Waals surface area (Å²) < 4.78 is 0. The van der Waals surface area contributed by atoms with Crippen LogP contribution in [0.15, 0.2) is 42.6 Å². The van der Waals surface area contributed by atoms with Gasteiger partial charge in [-0.05, 0) is 31.4 Å². The van der Waals surface area contributed by atoms with Gasteiger partial charge in [0.25, 0.3) is 0 Å². The first kappa shape index (κ1) is 17.2. The first-order valence-corrected chi connectivity index (χ1v) is 8.77. The Labute approximate surface area is 148 Å². The van der Waals surface area contributed by atoms with Crippen molar-refractivity contribution < 1.29 is 9.90 Å². The Morgan fingerprint density at radius 1 is 1.24 bits per heavy atom. The highest BCUT2D eigenvalue weighted by Gasteiger charge is 2.25. The Balaban J connectivity index is 1.71. The third kappa shape index (κ3) is 4.26. The van der Waals surface area contributed by atoms with Crippen LogP contribution in [0.4, 0.5) is 11.8 Å². The van der Waals surface area contributed by atoms with E-state index in [1.807, 2.05) is 24.3 Å². The first-order chi connectivity index (χ1) is 12.2. The molecule has 0 amide bonds. The zero-order valence-corrected chi connectivity index (χ0v) is 14.5. The lowest BCUT2D eigenvalue weighted by Gasteiger charge is -2.31. The minimum atomic E-state index is -0.692. The second-order valence-electron chi connectivity index (χ2n) is 6.31. The molecule has 6 nitrogen and oxygen atoms in total. The predicted octanol–water partition coefficient (Wildman–Crippen LogP) is 2.80. The van der Waals surface area contributed by atoms with Crippen molar-refractivity contribution in [3.63, 3.8) is 0 Å². The second kappa shape index (κ2) is 7.96. The van der Waals surface area contributed by atoms with Crippen LogP contribution in [0.2, 0.25) is 0 Å². The van der Waals surface area contributed by atoms with Gasteiger partial charge in [-0.15, -0.1) is 0 Å². The Morgan fingerprint density at radius 3 is 2.60 bits per heavy atom.